The Morgan fingerprint density at radius 3 is 2.61 bits per heavy atom. The normalized spacial score (nSPS) is 25.4. The molecule has 1 aromatic carbocycles. The summed E-state index contributed by atoms with van der Waals surface area (Å²) in [6.07, 6.45) is 2.57. The Hall–Kier alpha value is -0.680. The van der Waals surface area contributed by atoms with Gasteiger partial charge in [0.05, 0.1) is 24.3 Å². The Morgan fingerprint density at radius 2 is 1.91 bits per heavy atom. The maximum Gasteiger partial charge on any atom is 0.179 e. The quantitative estimate of drug-likeness (QED) is 0.821. The number of piperidine rings is 1. The highest BCUT2D eigenvalue weighted by Gasteiger charge is 2.34. The predicted molar refractivity (Wildman–Crippen MR) is 94.0 cm³/mol. The van der Waals surface area contributed by atoms with Crippen LogP contribution >= 0.6 is 23.2 Å². The van der Waals surface area contributed by atoms with Crippen molar-refractivity contribution in [3.05, 3.63) is 21.7 Å². The van der Waals surface area contributed by atoms with E-state index in [2.05, 4.69) is 16.8 Å². The van der Waals surface area contributed by atoms with Gasteiger partial charge in [-0.25, -0.2) is 0 Å². The second-order valence-electron chi connectivity index (χ2n) is 6.63. The molecule has 0 spiro atoms. The second-order valence-corrected chi connectivity index (χ2v) is 7.42. The van der Waals surface area contributed by atoms with Gasteiger partial charge in [-0.1, -0.05) is 23.2 Å². The number of ether oxygens (including phenoxy) is 2. The number of halogens is 2. The molecule has 3 fully saturated rings. The van der Waals surface area contributed by atoms with Crippen LogP contribution in [0, 0.1) is 5.92 Å². The zero-order valence-electron chi connectivity index (χ0n) is 13.9. The fraction of sp³-hybridized carbons (Fsp3) is 0.647. The van der Waals surface area contributed by atoms with Crippen molar-refractivity contribution in [1.82, 2.24) is 9.80 Å². The van der Waals surface area contributed by atoms with Gasteiger partial charge in [0.1, 0.15) is 0 Å². The summed E-state index contributed by atoms with van der Waals surface area (Å²) in [6.45, 7) is 4.16. The van der Waals surface area contributed by atoms with E-state index < -0.39 is 0 Å². The molecule has 0 aliphatic carbocycles. The second kappa shape index (κ2) is 7.06. The number of hydrogen-bond donors (Lipinski definition) is 0. The van der Waals surface area contributed by atoms with Crippen molar-refractivity contribution in [3.8, 4) is 11.5 Å². The smallest absolute Gasteiger partial charge is 0.179 e. The summed E-state index contributed by atoms with van der Waals surface area (Å²) in [7, 11) is 5.41. The highest BCUT2D eigenvalue weighted by molar-refractivity contribution is 6.37. The van der Waals surface area contributed by atoms with Crippen molar-refractivity contribution in [2.24, 2.45) is 5.92 Å². The van der Waals surface area contributed by atoms with E-state index in [9.17, 15) is 0 Å². The lowest BCUT2D eigenvalue weighted by atomic mass is 9.94. The molecule has 0 saturated carbocycles. The minimum Gasteiger partial charge on any atom is -0.493 e. The van der Waals surface area contributed by atoms with Gasteiger partial charge in [0.15, 0.2) is 11.5 Å². The molecule has 0 radical (unpaired) electrons. The number of methoxy groups -OCH3 is 2. The molecule has 4 nitrogen and oxygen atoms in total. The third-order valence-electron chi connectivity index (χ3n) is 5.03. The van der Waals surface area contributed by atoms with Crippen molar-refractivity contribution in [1.29, 1.82) is 0 Å². The molecular weight excluding hydrogens is 335 g/mol. The standard InChI is InChI=1S/C17H24Cl2N2O2/c1-20-7-11-4-5-12(9-20)21(8-11)10-13-14(18)6-15(22-2)17(23-3)16(13)19/h6,11-12H,4-5,7-10H2,1-3H3/t11-,12+/m1/s1. The van der Waals surface area contributed by atoms with Crippen LogP contribution in [0.4, 0.5) is 0 Å². The van der Waals surface area contributed by atoms with Gasteiger partial charge < -0.3 is 14.4 Å². The van der Waals surface area contributed by atoms with Crippen molar-refractivity contribution in [3.63, 3.8) is 0 Å². The van der Waals surface area contributed by atoms with Crippen LogP contribution < -0.4 is 9.47 Å². The summed E-state index contributed by atoms with van der Waals surface area (Å²) < 4.78 is 10.7. The average Bonchev–Trinajstić information content (AvgIpc) is 2.79. The molecule has 0 aromatic heterocycles. The van der Waals surface area contributed by atoms with Gasteiger partial charge in [-0.3, -0.25) is 4.90 Å². The molecule has 2 bridgehead atoms. The van der Waals surface area contributed by atoms with Crippen LogP contribution in [0.15, 0.2) is 6.07 Å². The molecule has 3 saturated heterocycles. The minimum atomic E-state index is 0.560. The van der Waals surface area contributed by atoms with Gasteiger partial charge >= 0.3 is 0 Å². The highest BCUT2D eigenvalue weighted by atomic mass is 35.5. The van der Waals surface area contributed by atoms with E-state index in [1.807, 2.05) is 0 Å². The Morgan fingerprint density at radius 1 is 1.13 bits per heavy atom. The van der Waals surface area contributed by atoms with E-state index in [0.29, 0.717) is 27.6 Å². The van der Waals surface area contributed by atoms with E-state index in [-0.39, 0.29) is 0 Å². The van der Waals surface area contributed by atoms with Crippen molar-refractivity contribution in [2.75, 3.05) is 40.9 Å². The largest absolute Gasteiger partial charge is 0.493 e. The van der Waals surface area contributed by atoms with Crippen LogP contribution in [-0.2, 0) is 6.54 Å². The minimum absolute atomic E-state index is 0.560. The molecule has 2 atom stereocenters. The molecule has 1 aromatic rings. The molecule has 0 amide bonds. The molecule has 23 heavy (non-hydrogen) atoms. The molecule has 3 aliphatic rings. The van der Waals surface area contributed by atoms with Gasteiger partial charge in [-0.05, 0) is 25.8 Å². The van der Waals surface area contributed by atoms with Gasteiger partial charge in [0.25, 0.3) is 0 Å². The Bertz CT molecular complexity index is 582. The maximum atomic E-state index is 6.56. The van der Waals surface area contributed by atoms with Crippen molar-refractivity contribution >= 4 is 23.2 Å². The first-order valence-corrected chi connectivity index (χ1v) is 8.80. The average molecular weight is 359 g/mol. The van der Waals surface area contributed by atoms with Gasteiger partial charge in [0.2, 0.25) is 0 Å². The predicted octanol–water partition coefficient (Wildman–Crippen LogP) is 3.54. The summed E-state index contributed by atoms with van der Waals surface area (Å²) in [5.74, 6) is 1.87. The summed E-state index contributed by atoms with van der Waals surface area (Å²) >= 11 is 13.0. The zero-order chi connectivity index (χ0) is 16.6. The Labute approximate surface area is 148 Å². The molecule has 4 rings (SSSR count). The van der Waals surface area contributed by atoms with E-state index >= 15 is 0 Å². The Balaban J connectivity index is 1.88. The summed E-state index contributed by atoms with van der Waals surface area (Å²) in [5.41, 5.74) is 0.932. The lowest BCUT2D eigenvalue weighted by Crippen LogP contribution is -2.43. The van der Waals surface area contributed by atoms with Crippen LogP contribution in [-0.4, -0.2) is 56.7 Å². The number of benzene rings is 1. The lowest BCUT2D eigenvalue weighted by molar-refractivity contribution is 0.124. The van der Waals surface area contributed by atoms with E-state index in [4.69, 9.17) is 32.7 Å². The zero-order valence-corrected chi connectivity index (χ0v) is 15.5. The highest BCUT2D eigenvalue weighted by Crippen LogP contribution is 2.42. The molecule has 3 heterocycles. The first kappa shape index (κ1) is 17.2. The number of likely N-dealkylation sites (N-methyl/N-ethyl adjacent to an activating group) is 1. The SMILES string of the molecule is COc1cc(Cl)c(CN2C[C@@H]3CC[C@H]2CN(C)C3)c(Cl)c1OC. The maximum absolute atomic E-state index is 6.56. The van der Waals surface area contributed by atoms with E-state index in [0.717, 1.165) is 31.1 Å². The first-order valence-electron chi connectivity index (χ1n) is 8.05. The summed E-state index contributed by atoms with van der Waals surface area (Å²) in [6, 6.07) is 2.36. The first-order chi connectivity index (χ1) is 11.0. The van der Waals surface area contributed by atoms with Crippen LogP contribution in [0.5, 0.6) is 11.5 Å². The van der Waals surface area contributed by atoms with Gasteiger partial charge in [-0.15, -0.1) is 0 Å². The van der Waals surface area contributed by atoms with Crippen molar-refractivity contribution < 1.29 is 9.47 Å². The topological polar surface area (TPSA) is 24.9 Å². The van der Waals surface area contributed by atoms with Gasteiger partial charge in [0, 0.05) is 43.9 Å². The van der Waals surface area contributed by atoms with Gasteiger partial charge in [-0.2, -0.15) is 0 Å². The third-order valence-corrected chi connectivity index (χ3v) is 5.77. The van der Waals surface area contributed by atoms with Crippen LogP contribution in [0.3, 0.4) is 0 Å². The third kappa shape index (κ3) is 3.41. The molecule has 3 aliphatic heterocycles. The number of nitrogens with zero attached hydrogens (tertiary/aromatic N) is 2. The number of hydrogen-bond acceptors (Lipinski definition) is 4. The van der Waals surface area contributed by atoms with E-state index in [1.165, 1.54) is 19.4 Å². The molecule has 0 unspecified atom stereocenters. The number of rotatable bonds is 4. The monoisotopic (exact) mass is 358 g/mol. The summed E-state index contributed by atoms with van der Waals surface area (Å²) in [4.78, 5) is 4.97. The number of fused-ring (bicyclic) bond motifs is 4. The fourth-order valence-electron chi connectivity index (χ4n) is 3.91. The molecule has 6 heteroatoms. The molecular formula is C17H24Cl2N2O2. The lowest BCUT2D eigenvalue weighted by Gasteiger charge is -2.36. The molecule has 128 valence electrons. The Kier molecular flexibility index (Phi) is 5.26. The fourth-order valence-corrected chi connectivity index (χ4v) is 4.55. The molecule has 0 N–H and O–H groups in total. The van der Waals surface area contributed by atoms with Crippen LogP contribution in [0.25, 0.3) is 0 Å². The van der Waals surface area contributed by atoms with Crippen LogP contribution in [0.1, 0.15) is 18.4 Å². The summed E-state index contributed by atoms with van der Waals surface area (Å²) in [5, 5.41) is 1.20. The van der Waals surface area contributed by atoms with E-state index in [1.54, 1.807) is 20.3 Å². The van der Waals surface area contributed by atoms with Crippen molar-refractivity contribution in [2.45, 2.75) is 25.4 Å². The van der Waals surface area contributed by atoms with Crippen LogP contribution in [0.2, 0.25) is 10.0 Å².